The van der Waals surface area contributed by atoms with Gasteiger partial charge in [-0.3, -0.25) is 14.9 Å². The van der Waals surface area contributed by atoms with E-state index in [9.17, 15) is 14.9 Å². The lowest BCUT2D eigenvalue weighted by Gasteiger charge is -2.07. The number of rotatable bonds is 4. The molecule has 0 aliphatic heterocycles. The zero-order chi connectivity index (χ0) is 14.5. The summed E-state index contributed by atoms with van der Waals surface area (Å²) >= 11 is 5.93. The number of nitrogens with one attached hydrogen (secondary N) is 1. The zero-order valence-corrected chi connectivity index (χ0v) is 11.1. The van der Waals surface area contributed by atoms with E-state index in [4.69, 9.17) is 11.6 Å². The number of anilines is 1. The van der Waals surface area contributed by atoms with Crippen LogP contribution in [0.1, 0.15) is 5.56 Å². The molecule has 2 aromatic rings. The van der Waals surface area contributed by atoms with E-state index in [1.165, 1.54) is 6.07 Å². The highest BCUT2D eigenvalue weighted by molar-refractivity contribution is 6.33. The lowest BCUT2D eigenvalue weighted by molar-refractivity contribution is -0.385. The number of halogens is 1. The van der Waals surface area contributed by atoms with Gasteiger partial charge in [-0.25, -0.2) is 0 Å². The van der Waals surface area contributed by atoms with Gasteiger partial charge in [-0.05, 0) is 12.1 Å². The molecule has 0 saturated heterocycles. The predicted molar refractivity (Wildman–Crippen MR) is 76.9 cm³/mol. The van der Waals surface area contributed by atoms with Crippen molar-refractivity contribution < 1.29 is 9.72 Å². The zero-order valence-electron chi connectivity index (χ0n) is 10.4. The van der Waals surface area contributed by atoms with E-state index in [1.807, 2.05) is 0 Å². The maximum absolute atomic E-state index is 11.9. The van der Waals surface area contributed by atoms with Crippen LogP contribution in [0, 0.1) is 10.1 Å². The molecule has 0 unspecified atom stereocenters. The Labute approximate surface area is 120 Å². The second-order valence-corrected chi connectivity index (χ2v) is 4.50. The van der Waals surface area contributed by atoms with Gasteiger partial charge >= 0.3 is 0 Å². The fourth-order valence-electron chi connectivity index (χ4n) is 1.77. The molecule has 0 aliphatic rings. The molecule has 0 fully saturated rings. The Kier molecular flexibility index (Phi) is 4.32. The van der Waals surface area contributed by atoms with Gasteiger partial charge in [0.2, 0.25) is 5.91 Å². The topological polar surface area (TPSA) is 72.2 Å². The first-order valence-electron chi connectivity index (χ1n) is 5.84. The number of nitro benzene ring substituents is 1. The lowest BCUT2D eigenvalue weighted by atomic mass is 10.1. The van der Waals surface area contributed by atoms with Gasteiger partial charge in [0.1, 0.15) is 0 Å². The van der Waals surface area contributed by atoms with Crippen LogP contribution in [0.2, 0.25) is 5.02 Å². The molecule has 0 saturated carbocycles. The van der Waals surface area contributed by atoms with Gasteiger partial charge in [0.15, 0.2) is 0 Å². The van der Waals surface area contributed by atoms with E-state index in [0.29, 0.717) is 16.3 Å². The van der Waals surface area contributed by atoms with Gasteiger partial charge in [-0.2, -0.15) is 0 Å². The second kappa shape index (κ2) is 6.16. The molecule has 5 nitrogen and oxygen atoms in total. The van der Waals surface area contributed by atoms with Crippen LogP contribution in [0.3, 0.4) is 0 Å². The van der Waals surface area contributed by atoms with Gasteiger partial charge < -0.3 is 5.32 Å². The van der Waals surface area contributed by atoms with Crippen molar-refractivity contribution in [3.8, 4) is 0 Å². The number of hydrogen-bond donors (Lipinski definition) is 1. The molecule has 20 heavy (non-hydrogen) atoms. The maximum atomic E-state index is 11.9. The normalized spacial score (nSPS) is 10.1. The van der Waals surface area contributed by atoms with Crippen molar-refractivity contribution in [3.63, 3.8) is 0 Å². The molecule has 6 heteroatoms. The molecule has 0 heterocycles. The largest absolute Gasteiger partial charge is 0.324 e. The number of carbonyl (C=O) groups is 1. The third kappa shape index (κ3) is 3.33. The molecular formula is C14H11ClN2O3. The molecular weight excluding hydrogens is 280 g/mol. The monoisotopic (exact) mass is 290 g/mol. The molecule has 1 N–H and O–H groups in total. The van der Waals surface area contributed by atoms with Crippen LogP contribution >= 0.6 is 11.6 Å². The maximum Gasteiger partial charge on any atom is 0.273 e. The lowest BCUT2D eigenvalue weighted by Crippen LogP contribution is -2.15. The average Bonchev–Trinajstić information content (AvgIpc) is 2.41. The number of para-hydroxylation sites is 2. The van der Waals surface area contributed by atoms with Crippen LogP contribution in [0.5, 0.6) is 0 Å². The number of benzene rings is 2. The summed E-state index contributed by atoms with van der Waals surface area (Å²) in [5.41, 5.74) is 0.779. The summed E-state index contributed by atoms with van der Waals surface area (Å²) in [5.74, 6) is -0.354. The highest BCUT2D eigenvalue weighted by atomic mass is 35.5. The van der Waals surface area contributed by atoms with Gasteiger partial charge in [0.25, 0.3) is 5.69 Å². The molecule has 0 aromatic heterocycles. The summed E-state index contributed by atoms with van der Waals surface area (Å²) in [6.07, 6.45) is -0.0810. The Bertz CT molecular complexity index is 658. The van der Waals surface area contributed by atoms with Crippen LogP contribution in [0.15, 0.2) is 48.5 Å². The SMILES string of the molecule is O=C(Cc1ccccc1[N+](=O)[O-])Nc1ccccc1Cl. The van der Waals surface area contributed by atoms with Crippen molar-refractivity contribution in [3.05, 3.63) is 69.2 Å². The van der Waals surface area contributed by atoms with Crippen molar-refractivity contribution in [2.24, 2.45) is 0 Å². The summed E-state index contributed by atoms with van der Waals surface area (Å²) in [4.78, 5) is 22.3. The third-order valence-corrected chi connectivity index (χ3v) is 3.02. The first-order chi connectivity index (χ1) is 9.58. The Hall–Kier alpha value is -2.40. The van der Waals surface area contributed by atoms with E-state index < -0.39 is 4.92 Å². The van der Waals surface area contributed by atoms with E-state index in [-0.39, 0.29) is 18.0 Å². The van der Waals surface area contributed by atoms with Crippen LogP contribution < -0.4 is 5.32 Å². The Morgan fingerprint density at radius 3 is 2.50 bits per heavy atom. The van der Waals surface area contributed by atoms with E-state index in [2.05, 4.69) is 5.32 Å². The molecule has 0 aliphatic carbocycles. The van der Waals surface area contributed by atoms with Crippen LogP contribution in [0.4, 0.5) is 11.4 Å². The van der Waals surface area contributed by atoms with Crippen molar-refractivity contribution in [2.75, 3.05) is 5.32 Å². The summed E-state index contributed by atoms with van der Waals surface area (Å²) in [6, 6.07) is 13.0. The Balaban J connectivity index is 2.13. The summed E-state index contributed by atoms with van der Waals surface area (Å²) in [6.45, 7) is 0. The van der Waals surface area contributed by atoms with E-state index in [1.54, 1.807) is 42.5 Å². The number of hydrogen-bond acceptors (Lipinski definition) is 3. The highest BCUT2D eigenvalue weighted by Crippen LogP contribution is 2.22. The highest BCUT2D eigenvalue weighted by Gasteiger charge is 2.15. The quantitative estimate of drug-likeness (QED) is 0.692. The van der Waals surface area contributed by atoms with Gasteiger partial charge in [0.05, 0.1) is 22.1 Å². The molecule has 0 radical (unpaired) electrons. The molecule has 102 valence electrons. The van der Waals surface area contributed by atoms with Crippen LogP contribution in [0.25, 0.3) is 0 Å². The molecule has 2 aromatic carbocycles. The fourth-order valence-corrected chi connectivity index (χ4v) is 1.95. The number of carbonyl (C=O) groups excluding carboxylic acids is 1. The van der Waals surface area contributed by atoms with Crippen LogP contribution in [-0.2, 0) is 11.2 Å². The van der Waals surface area contributed by atoms with E-state index >= 15 is 0 Å². The Morgan fingerprint density at radius 1 is 1.15 bits per heavy atom. The predicted octanol–water partition coefficient (Wildman–Crippen LogP) is 3.43. The smallest absolute Gasteiger partial charge is 0.273 e. The summed E-state index contributed by atoms with van der Waals surface area (Å²) < 4.78 is 0. The van der Waals surface area contributed by atoms with Crippen molar-refractivity contribution in [1.29, 1.82) is 0 Å². The summed E-state index contributed by atoms with van der Waals surface area (Å²) in [5, 5.41) is 13.9. The van der Waals surface area contributed by atoms with Crippen LogP contribution in [-0.4, -0.2) is 10.8 Å². The Morgan fingerprint density at radius 2 is 1.80 bits per heavy atom. The minimum Gasteiger partial charge on any atom is -0.324 e. The molecule has 0 spiro atoms. The minimum absolute atomic E-state index is 0.0678. The standard InChI is InChI=1S/C14H11ClN2O3/c15-11-6-2-3-7-12(11)16-14(18)9-10-5-1-4-8-13(10)17(19)20/h1-8H,9H2,(H,16,18). The first kappa shape index (κ1) is 14.0. The van der Waals surface area contributed by atoms with Crippen molar-refractivity contribution in [1.82, 2.24) is 0 Å². The minimum atomic E-state index is -0.502. The third-order valence-electron chi connectivity index (χ3n) is 2.69. The summed E-state index contributed by atoms with van der Waals surface area (Å²) in [7, 11) is 0. The van der Waals surface area contributed by atoms with Gasteiger partial charge in [-0.15, -0.1) is 0 Å². The van der Waals surface area contributed by atoms with Crippen molar-refractivity contribution in [2.45, 2.75) is 6.42 Å². The van der Waals surface area contributed by atoms with E-state index in [0.717, 1.165) is 0 Å². The fraction of sp³-hybridized carbons (Fsp3) is 0.0714. The number of amides is 1. The molecule has 0 bridgehead atoms. The number of nitro groups is 1. The molecule has 2 rings (SSSR count). The molecule has 1 amide bonds. The average molecular weight is 291 g/mol. The second-order valence-electron chi connectivity index (χ2n) is 4.09. The van der Waals surface area contributed by atoms with Gasteiger partial charge in [-0.1, -0.05) is 41.9 Å². The first-order valence-corrected chi connectivity index (χ1v) is 6.22. The number of nitrogens with zero attached hydrogens (tertiary/aromatic N) is 1. The molecule has 0 atom stereocenters. The van der Waals surface area contributed by atoms with Crippen molar-refractivity contribution >= 4 is 28.9 Å². The van der Waals surface area contributed by atoms with Gasteiger partial charge in [0, 0.05) is 11.6 Å².